The average molecular weight is 459 g/mol. The third kappa shape index (κ3) is 4.07. The third-order valence-corrected chi connectivity index (χ3v) is 6.34. The zero-order chi connectivity index (χ0) is 22.3. The van der Waals surface area contributed by atoms with Crippen molar-refractivity contribution < 1.29 is 17.9 Å². The summed E-state index contributed by atoms with van der Waals surface area (Å²) in [4.78, 5) is 16.6. The van der Waals surface area contributed by atoms with E-state index < -0.39 is 12.8 Å². The van der Waals surface area contributed by atoms with Gasteiger partial charge in [0, 0.05) is 37.1 Å². The standard InChI is InChI=1S/C22H20F3N5OS/c1-13-11-15(14-5-3-2-4-6-14)27-20-16(13)17-18(32-20)19(31-12-22(23,24)25)29-21(28-17)30-9-7-26-8-10-30/h2-6,11,26H,7-10,12H2,1H3. The Morgan fingerprint density at radius 3 is 2.56 bits per heavy atom. The van der Waals surface area contributed by atoms with Crippen LogP contribution in [0, 0.1) is 6.92 Å². The van der Waals surface area contributed by atoms with Crippen LogP contribution in [0.3, 0.4) is 0 Å². The van der Waals surface area contributed by atoms with E-state index >= 15 is 0 Å². The quantitative estimate of drug-likeness (QED) is 0.483. The minimum atomic E-state index is -4.46. The zero-order valence-electron chi connectivity index (χ0n) is 17.2. The van der Waals surface area contributed by atoms with Gasteiger partial charge in [0.25, 0.3) is 0 Å². The number of rotatable bonds is 4. The average Bonchev–Trinajstić information content (AvgIpc) is 3.17. The number of aromatic nitrogens is 3. The van der Waals surface area contributed by atoms with Crippen LogP contribution in [0.2, 0.25) is 0 Å². The van der Waals surface area contributed by atoms with Crippen LogP contribution in [0.4, 0.5) is 19.1 Å². The topological polar surface area (TPSA) is 63.2 Å². The molecule has 1 N–H and O–H groups in total. The minimum absolute atomic E-state index is 0.0514. The Kier molecular flexibility index (Phi) is 5.34. The van der Waals surface area contributed by atoms with Gasteiger partial charge in [0.15, 0.2) is 6.61 Å². The second-order valence-electron chi connectivity index (χ2n) is 7.62. The molecule has 1 aliphatic heterocycles. The third-order valence-electron chi connectivity index (χ3n) is 5.28. The molecule has 0 radical (unpaired) electrons. The van der Waals surface area contributed by atoms with Crippen LogP contribution in [0.25, 0.3) is 31.7 Å². The second-order valence-corrected chi connectivity index (χ2v) is 8.62. The highest BCUT2D eigenvalue weighted by atomic mass is 32.1. The number of alkyl halides is 3. The van der Waals surface area contributed by atoms with E-state index in [0.29, 0.717) is 34.1 Å². The molecular formula is C22H20F3N5OS. The first-order valence-electron chi connectivity index (χ1n) is 10.2. The lowest BCUT2D eigenvalue weighted by Gasteiger charge is -2.27. The molecule has 0 atom stereocenters. The fraction of sp³-hybridized carbons (Fsp3) is 0.318. The van der Waals surface area contributed by atoms with Gasteiger partial charge in [0.2, 0.25) is 11.8 Å². The number of halogens is 3. The van der Waals surface area contributed by atoms with Crippen LogP contribution >= 0.6 is 11.3 Å². The van der Waals surface area contributed by atoms with Crippen molar-refractivity contribution in [3.63, 3.8) is 0 Å². The first-order chi connectivity index (χ1) is 15.4. The smallest absolute Gasteiger partial charge is 0.422 e. The summed E-state index contributed by atoms with van der Waals surface area (Å²) < 4.78 is 44.4. The maximum absolute atomic E-state index is 12.9. The number of fused-ring (bicyclic) bond motifs is 3. The van der Waals surface area contributed by atoms with Crippen molar-refractivity contribution in [1.82, 2.24) is 20.3 Å². The van der Waals surface area contributed by atoms with Crippen molar-refractivity contribution in [2.75, 3.05) is 37.7 Å². The van der Waals surface area contributed by atoms with Crippen molar-refractivity contribution in [2.45, 2.75) is 13.1 Å². The Hall–Kier alpha value is -2.98. The first-order valence-corrected chi connectivity index (χ1v) is 11.0. The van der Waals surface area contributed by atoms with Gasteiger partial charge < -0.3 is 15.0 Å². The minimum Gasteiger partial charge on any atom is -0.467 e. The van der Waals surface area contributed by atoms with E-state index in [1.165, 1.54) is 11.3 Å². The van der Waals surface area contributed by atoms with Gasteiger partial charge in [-0.3, -0.25) is 0 Å². The van der Waals surface area contributed by atoms with Gasteiger partial charge >= 0.3 is 6.18 Å². The molecule has 1 aliphatic rings. The number of nitrogens with one attached hydrogen (secondary N) is 1. The summed E-state index contributed by atoms with van der Waals surface area (Å²) in [6, 6.07) is 11.7. The molecule has 1 aromatic carbocycles. The van der Waals surface area contributed by atoms with E-state index in [1.54, 1.807) is 0 Å². The van der Waals surface area contributed by atoms with E-state index in [2.05, 4.69) is 10.3 Å². The van der Waals surface area contributed by atoms with Gasteiger partial charge in [-0.15, -0.1) is 11.3 Å². The Morgan fingerprint density at radius 2 is 1.84 bits per heavy atom. The molecule has 32 heavy (non-hydrogen) atoms. The number of thiophene rings is 1. The number of hydrogen-bond donors (Lipinski definition) is 1. The van der Waals surface area contributed by atoms with Crippen LogP contribution < -0.4 is 15.0 Å². The summed E-state index contributed by atoms with van der Waals surface area (Å²) in [7, 11) is 0. The molecule has 0 amide bonds. The number of hydrogen-bond acceptors (Lipinski definition) is 7. The molecule has 0 unspecified atom stereocenters. The number of nitrogens with zero attached hydrogens (tertiary/aromatic N) is 4. The summed E-state index contributed by atoms with van der Waals surface area (Å²) in [5.41, 5.74) is 3.30. The molecule has 3 aromatic heterocycles. The van der Waals surface area contributed by atoms with E-state index in [9.17, 15) is 13.2 Å². The molecule has 166 valence electrons. The van der Waals surface area contributed by atoms with Crippen LogP contribution in [0.1, 0.15) is 5.56 Å². The number of piperazine rings is 1. The molecule has 0 spiro atoms. The summed E-state index contributed by atoms with van der Waals surface area (Å²) in [5.74, 6) is 0.326. The van der Waals surface area contributed by atoms with Crippen molar-refractivity contribution in [1.29, 1.82) is 0 Å². The van der Waals surface area contributed by atoms with Crippen LogP contribution in [-0.2, 0) is 0 Å². The number of ether oxygens (including phenoxy) is 1. The fourth-order valence-electron chi connectivity index (χ4n) is 3.79. The van der Waals surface area contributed by atoms with Crippen LogP contribution in [0.15, 0.2) is 36.4 Å². The fourth-order valence-corrected chi connectivity index (χ4v) is 4.93. The summed E-state index contributed by atoms with van der Waals surface area (Å²) in [6.45, 7) is 3.40. The van der Waals surface area contributed by atoms with Gasteiger partial charge in [0.05, 0.1) is 5.69 Å². The Labute approximate surface area is 186 Å². The molecule has 6 nitrogen and oxygen atoms in total. The molecule has 1 saturated heterocycles. The lowest BCUT2D eigenvalue weighted by atomic mass is 10.1. The molecule has 0 saturated carbocycles. The molecule has 1 fully saturated rings. The molecule has 0 bridgehead atoms. The summed E-state index contributed by atoms with van der Waals surface area (Å²) in [5, 5.41) is 4.07. The predicted octanol–water partition coefficient (Wildman–Crippen LogP) is 4.57. The molecule has 10 heteroatoms. The first kappa shape index (κ1) is 20.9. The monoisotopic (exact) mass is 459 g/mol. The van der Waals surface area contributed by atoms with Crippen molar-refractivity contribution >= 4 is 37.7 Å². The van der Waals surface area contributed by atoms with Crippen molar-refractivity contribution in [3.05, 3.63) is 42.0 Å². The molecule has 4 aromatic rings. The summed E-state index contributed by atoms with van der Waals surface area (Å²) in [6.07, 6.45) is -4.46. The second kappa shape index (κ2) is 8.18. The SMILES string of the molecule is Cc1cc(-c2ccccc2)nc2sc3c(OCC(F)(F)F)nc(N4CCNCC4)nc3c12. The molecule has 0 aliphatic carbocycles. The van der Waals surface area contributed by atoms with Gasteiger partial charge in [-0.05, 0) is 18.6 Å². The number of aryl methyl sites for hydroxylation is 1. The van der Waals surface area contributed by atoms with Gasteiger partial charge in [-0.1, -0.05) is 30.3 Å². The van der Waals surface area contributed by atoms with E-state index in [0.717, 1.165) is 35.3 Å². The van der Waals surface area contributed by atoms with Crippen LogP contribution in [-0.4, -0.2) is 53.9 Å². The van der Waals surface area contributed by atoms with Crippen molar-refractivity contribution in [2.24, 2.45) is 0 Å². The lowest BCUT2D eigenvalue weighted by Crippen LogP contribution is -2.44. The largest absolute Gasteiger partial charge is 0.467 e. The maximum atomic E-state index is 12.9. The van der Waals surface area contributed by atoms with E-state index in [-0.39, 0.29) is 5.88 Å². The van der Waals surface area contributed by atoms with Crippen LogP contribution in [0.5, 0.6) is 5.88 Å². The lowest BCUT2D eigenvalue weighted by molar-refractivity contribution is -0.153. The van der Waals surface area contributed by atoms with Crippen molar-refractivity contribution in [3.8, 4) is 17.1 Å². The zero-order valence-corrected chi connectivity index (χ0v) is 18.1. The highest BCUT2D eigenvalue weighted by Crippen LogP contribution is 2.40. The predicted molar refractivity (Wildman–Crippen MR) is 120 cm³/mol. The Bertz CT molecular complexity index is 1270. The highest BCUT2D eigenvalue weighted by Gasteiger charge is 2.30. The van der Waals surface area contributed by atoms with E-state index in [1.807, 2.05) is 48.2 Å². The highest BCUT2D eigenvalue weighted by molar-refractivity contribution is 7.25. The Balaban J connectivity index is 1.69. The number of pyridine rings is 1. The Morgan fingerprint density at radius 1 is 1.09 bits per heavy atom. The summed E-state index contributed by atoms with van der Waals surface area (Å²) >= 11 is 1.26. The molecule has 5 rings (SSSR count). The number of benzene rings is 1. The van der Waals surface area contributed by atoms with E-state index in [4.69, 9.17) is 14.7 Å². The molecular weight excluding hydrogens is 439 g/mol. The van der Waals surface area contributed by atoms with Gasteiger partial charge in [0.1, 0.15) is 15.0 Å². The number of anilines is 1. The van der Waals surface area contributed by atoms with Gasteiger partial charge in [-0.2, -0.15) is 18.2 Å². The normalized spacial score (nSPS) is 14.9. The van der Waals surface area contributed by atoms with Gasteiger partial charge in [-0.25, -0.2) is 9.97 Å². The molecule has 4 heterocycles. The maximum Gasteiger partial charge on any atom is 0.422 e.